The summed E-state index contributed by atoms with van der Waals surface area (Å²) in [7, 11) is 0. The van der Waals surface area contributed by atoms with Crippen LogP contribution in [0.25, 0.3) is 0 Å². The van der Waals surface area contributed by atoms with Crippen molar-refractivity contribution in [3.63, 3.8) is 0 Å². The number of benzene rings is 1. The number of nitrogens with zero attached hydrogens (tertiary/aromatic N) is 1. The highest BCUT2D eigenvalue weighted by atomic mass is 19.4. The number of likely N-dealkylation sites (tertiary alicyclic amines) is 1. The molecule has 1 aromatic rings. The van der Waals surface area contributed by atoms with E-state index in [4.69, 9.17) is 0 Å². The average Bonchev–Trinajstić information content (AvgIpc) is 3.08. The summed E-state index contributed by atoms with van der Waals surface area (Å²) in [4.78, 5) is 2.23. The minimum absolute atomic E-state index is 0.383. The Bertz CT molecular complexity index is 481. The van der Waals surface area contributed by atoms with Gasteiger partial charge in [-0.15, -0.1) is 0 Å². The summed E-state index contributed by atoms with van der Waals surface area (Å²) in [6.45, 7) is 2.34. The van der Waals surface area contributed by atoms with E-state index in [0.717, 1.165) is 32.4 Å². The monoisotopic (exact) mass is 298 g/mol. The topological polar surface area (TPSA) is 15.3 Å². The molecule has 0 amide bonds. The summed E-state index contributed by atoms with van der Waals surface area (Å²) in [5.41, 5.74) is -0.0927. The van der Waals surface area contributed by atoms with Crippen LogP contribution < -0.4 is 5.32 Å². The van der Waals surface area contributed by atoms with Crippen LogP contribution in [0.4, 0.5) is 13.2 Å². The molecule has 0 aliphatic carbocycles. The smallest absolute Gasteiger partial charge is 0.312 e. The molecule has 0 spiro atoms. The molecular formula is C16H21F3N2. The van der Waals surface area contributed by atoms with Crippen LogP contribution in [0.1, 0.15) is 36.8 Å². The lowest BCUT2D eigenvalue weighted by molar-refractivity contribution is -0.138. The van der Waals surface area contributed by atoms with Crippen molar-refractivity contribution in [3.05, 3.63) is 35.4 Å². The Hall–Kier alpha value is -1.07. The van der Waals surface area contributed by atoms with Gasteiger partial charge in [-0.05, 0) is 50.4 Å². The van der Waals surface area contributed by atoms with E-state index >= 15 is 0 Å². The Kier molecular flexibility index (Phi) is 4.22. The van der Waals surface area contributed by atoms with Gasteiger partial charge < -0.3 is 5.32 Å². The van der Waals surface area contributed by atoms with Crippen LogP contribution in [0.5, 0.6) is 0 Å². The Morgan fingerprint density at radius 3 is 2.67 bits per heavy atom. The van der Waals surface area contributed by atoms with Gasteiger partial charge in [0.05, 0.1) is 5.56 Å². The molecule has 0 bridgehead atoms. The Morgan fingerprint density at radius 1 is 1.14 bits per heavy atom. The van der Waals surface area contributed by atoms with Gasteiger partial charge >= 0.3 is 6.18 Å². The normalized spacial score (nSPS) is 27.4. The molecule has 1 aromatic carbocycles. The maximum Gasteiger partial charge on any atom is 0.416 e. The molecular weight excluding hydrogens is 277 g/mol. The summed E-state index contributed by atoms with van der Waals surface area (Å²) in [6.07, 6.45) is 0.219. The molecule has 3 rings (SSSR count). The van der Waals surface area contributed by atoms with Gasteiger partial charge in [-0.25, -0.2) is 0 Å². The zero-order chi connectivity index (χ0) is 14.9. The van der Waals surface area contributed by atoms with Gasteiger partial charge in [0, 0.05) is 18.6 Å². The first-order valence-corrected chi connectivity index (χ1v) is 7.68. The number of rotatable bonds is 3. The van der Waals surface area contributed by atoms with E-state index in [2.05, 4.69) is 10.2 Å². The second-order valence-corrected chi connectivity index (χ2v) is 6.04. The molecule has 0 aromatic heterocycles. The van der Waals surface area contributed by atoms with Gasteiger partial charge in [-0.2, -0.15) is 13.2 Å². The van der Waals surface area contributed by atoms with Gasteiger partial charge in [-0.1, -0.05) is 18.2 Å². The minimum atomic E-state index is -4.27. The molecule has 5 heteroatoms. The predicted octanol–water partition coefficient (Wildman–Crippen LogP) is 3.42. The molecule has 2 atom stereocenters. The Morgan fingerprint density at radius 2 is 1.95 bits per heavy atom. The molecule has 2 aliphatic rings. The van der Waals surface area contributed by atoms with Crippen LogP contribution in [-0.2, 0) is 12.7 Å². The molecule has 0 radical (unpaired) electrons. The highest BCUT2D eigenvalue weighted by molar-refractivity contribution is 5.29. The van der Waals surface area contributed by atoms with Crippen LogP contribution in [0, 0.1) is 0 Å². The first-order valence-electron chi connectivity index (χ1n) is 7.68. The van der Waals surface area contributed by atoms with E-state index in [1.807, 2.05) is 0 Å². The lowest BCUT2D eigenvalue weighted by atomic mass is 10.0. The molecule has 2 saturated heterocycles. The van der Waals surface area contributed by atoms with Gasteiger partial charge in [0.15, 0.2) is 0 Å². The van der Waals surface area contributed by atoms with E-state index < -0.39 is 11.7 Å². The van der Waals surface area contributed by atoms with Crippen LogP contribution in [0.2, 0.25) is 0 Å². The number of halogens is 3. The molecule has 2 heterocycles. The highest BCUT2D eigenvalue weighted by Crippen LogP contribution is 2.34. The maximum absolute atomic E-state index is 13.1. The van der Waals surface area contributed by atoms with E-state index in [-0.39, 0.29) is 0 Å². The Balaban J connectivity index is 1.77. The van der Waals surface area contributed by atoms with Gasteiger partial charge in [0.25, 0.3) is 0 Å². The van der Waals surface area contributed by atoms with Crippen LogP contribution >= 0.6 is 0 Å². The first-order chi connectivity index (χ1) is 10.1. The molecule has 116 valence electrons. The zero-order valence-electron chi connectivity index (χ0n) is 12.0. The van der Waals surface area contributed by atoms with Crippen molar-refractivity contribution in [1.82, 2.24) is 10.2 Å². The quantitative estimate of drug-likeness (QED) is 0.920. The SMILES string of the molecule is FC(F)(F)c1ccccc1CN1CCCC1C1CCCN1. The summed E-state index contributed by atoms with van der Waals surface area (Å²) in [6, 6.07) is 6.80. The minimum Gasteiger partial charge on any atom is -0.312 e. The fraction of sp³-hybridized carbons (Fsp3) is 0.625. The van der Waals surface area contributed by atoms with Gasteiger partial charge in [-0.3, -0.25) is 4.90 Å². The summed E-state index contributed by atoms with van der Waals surface area (Å²) >= 11 is 0. The van der Waals surface area contributed by atoms with Crippen molar-refractivity contribution >= 4 is 0 Å². The van der Waals surface area contributed by atoms with Crippen molar-refractivity contribution in [2.24, 2.45) is 0 Å². The van der Waals surface area contributed by atoms with Crippen molar-refractivity contribution in [1.29, 1.82) is 0 Å². The van der Waals surface area contributed by atoms with Crippen LogP contribution in [0.15, 0.2) is 24.3 Å². The average molecular weight is 298 g/mol. The molecule has 2 nitrogen and oxygen atoms in total. The summed E-state index contributed by atoms with van der Waals surface area (Å²) in [5.74, 6) is 0. The third-order valence-corrected chi connectivity index (χ3v) is 4.67. The molecule has 1 N–H and O–H groups in total. The number of nitrogens with one attached hydrogen (secondary N) is 1. The van der Waals surface area contributed by atoms with Crippen molar-refractivity contribution in [3.8, 4) is 0 Å². The van der Waals surface area contributed by atoms with Crippen molar-refractivity contribution in [2.75, 3.05) is 13.1 Å². The van der Waals surface area contributed by atoms with Gasteiger partial charge in [0.1, 0.15) is 0 Å². The summed E-state index contributed by atoms with van der Waals surface area (Å²) < 4.78 is 39.3. The van der Waals surface area contributed by atoms with Gasteiger partial charge in [0.2, 0.25) is 0 Å². The van der Waals surface area contributed by atoms with E-state index in [1.54, 1.807) is 12.1 Å². The summed E-state index contributed by atoms with van der Waals surface area (Å²) in [5, 5.41) is 3.50. The first kappa shape index (κ1) is 14.9. The number of alkyl halides is 3. The highest BCUT2D eigenvalue weighted by Gasteiger charge is 2.36. The lowest BCUT2D eigenvalue weighted by Gasteiger charge is -2.30. The Labute approximate surface area is 123 Å². The second-order valence-electron chi connectivity index (χ2n) is 6.04. The second kappa shape index (κ2) is 5.97. The van der Waals surface area contributed by atoms with E-state index in [0.29, 0.717) is 24.2 Å². The number of hydrogen-bond acceptors (Lipinski definition) is 2. The molecule has 2 aliphatic heterocycles. The van der Waals surface area contributed by atoms with Crippen LogP contribution in [-0.4, -0.2) is 30.1 Å². The maximum atomic E-state index is 13.1. The largest absolute Gasteiger partial charge is 0.416 e. The standard InChI is InChI=1S/C16H21F3N2/c17-16(18,19)13-6-2-1-5-12(13)11-21-10-4-8-15(21)14-7-3-9-20-14/h1-2,5-6,14-15,20H,3-4,7-11H2. The molecule has 2 unspecified atom stereocenters. The van der Waals surface area contributed by atoms with Crippen molar-refractivity contribution < 1.29 is 13.2 Å². The lowest BCUT2D eigenvalue weighted by Crippen LogP contribution is -2.43. The third kappa shape index (κ3) is 3.24. The number of hydrogen-bond donors (Lipinski definition) is 1. The third-order valence-electron chi connectivity index (χ3n) is 4.67. The molecule has 21 heavy (non-hydrogen) atoms. The molecule has 0 saturated carbocycles. The fourth-order valence-corrected chi connectivity index (χ4v) is 3.70. The fourth-order valence-electron chi connectivity index (χ4n) is 3.70. The van der Waals surface area contributed by atoms with Crippen LogP contribution in [0.3, 0.4) is 0 Å². The van der Waals surface area contributed by atoms with E-state index in [1.165, 1.54) is 18.6 Å². The van der Waals surface area contributed by atoms with Crippen molar-refractivity contribution in [2.45, 2.75) is 50.5 Å². The molecule has 2 fully saturated rings. The van der Waals surface area contributed by atoms with E-state index in [9.17, 15) is 13.2 Å². The predicted molar refractivity (Wildman–Crippen MR) is 75.9 cm³/mol. The zero-order valence-corrected chi connectivity index (χ0v) is 12.0.